The highest BCUT2D eigenvalue weighted by Crippen LogP contribution is 2.62. The first-order valence-corrected chi connectivity index (χ1v) is 6.25. The van der Waals surface area contributed by atoms with Gasteiger partial charge >= 0.3 is 0 Å². The molecule has 1 unspecified atom stereocenters. The monoisotopic (exact) mass is 199 g/mol. The van der Waals surface area contributed by atoms with E-state index in [0.717, 1.165) is 11.8 Å². The number of rotatable bonds is 1. The summed E-state index contributed by atoms with van der Waals surface area (Å²) in [5, 5.41) is 0. The summed E-state index contributed by atoms with van der Waals surface area (Å²) in [6.45, 7) is 9.41. The topological polar surface area (TPSA) is 26.0 Å². The Balaban J connectivity index is 2.11. The summed E-state index contributed by atoms with van der Waals surface area (Å²) in [6.07, 6.45) is 1.37. The van der Waals surface area contributed by atoms with E-state index < -0.39 is 0 Å². The van der Waals surface area contributed by atoms with Crippen molar-refractivity contribution in [1.82, 2.24) is 0 Å². The summed E-state index contributed by atoms with van der Waals surface area (Å²) >= 11 is 2.12. The molecule has 1 saturated heterocycles. The highest BCUT2D eigenvalue weighted by Gasteiger charge is 2.62. The summed E-state index contributed by atoms with van der Waals surface area (Å²) in [5.74, 6) is 2.96. The average Bonchev–Trinajstić information content (AvgIpc) is 2.37. The van der Waals surface area contributed by atoms with Crippen LogP contribution in [0.1, 0.15) is 34.1 Å². The van der Waals surface area contributed by atoms with E-state index in [1.807, 2.05) is 0 Å². The van der Waals surface area contributed by atoms with E-state index in [9.17, 15) is 0 Å². The molecule has 0 aromatic carbocycles. The molecule has 0 aromatic heterocycles. The van der Waals surface area contributed by atoms with Gasteiger partial charge in [0.2, 0.25) is 0 Å². The lowest BCUT2D eigenvalue weighted by molar-refractivity contribution is 0.336. The molecule has 0 spiro atoms. The van der Waals surface area contributed by atoms with Crippen molar-refractivity contribution in [1.29, 1.82) is 0 Å². The van der Waals surface area contributed by atoms with Gasteiger partial charge in [0.15, 0.2) is 0 Å². The van der Waals surface area contributed by atoms with Crippen LogP contribution in [-0.4, -0.2) is 16.5 Å². The summed E-state index contributed by atoms with van der Waals surface area (Å²) in [4.78, 5) is 0. The fourth-order valence-corrected chi connectivity index (χ4v) is 4.38. The lowest BCUT2D eigenvalue weighted by Crippen LogP contribution is -2.26. The van der Waals surface area contributed by atoms with Crippen LogP contribution in [0.2, 0.25) is 0 Å². The third kappa shape index (κ3) is 1.33. The van der Waals surface area contributed by atoms with Crippen molar-refractivity contribution in [3.05, 3.63) is 0 Å². The lowest BCUT2D eigenvalue weighted by Gasteiger charge is -2.27. The lowest BCUT2D eigenvalue weighted by atomic mass is 9.85. The van der Waals surface area contributed by atoms with Crippen LogP contribution >= 0.6 is 11.8 Å². The van der Waals surface area contributed by atoms with Crippen LogP contribution < -0.4 is 5.73 Å². The third-order valence-corrected chi connectivity index (χ3v) is 5.71. The zero-order valence-corrected chi connectivity index (χ0v) is 9.95. The molecule has 76 valence electrons. The maximum Gasteiger partial charge on any atom is 0.0135 e. The molecule has 3 atom stereocenters. The van der Waals surface area contributed by atoms with E-state index in [-0.39, 0.29) is 0 Å². The number of nitrogens with two attached hydrogens (primary N) is 1. The number of thioether (sulfide) groups is 1. The minimum Gasteiger partial charge on any atom is -0.327 e. The van der Waals surface area contributed by atoms with E-state index in [4.69, 9.17) is 5.73 Å². The molecule has 0 radical (unpaired) electrons. The Morgan fingerprint density at radius 3 is 2.08 bits per heavy atom. The van der Waals surface area contributed by atoms with Gasteiger partial charge in [-0.05, 0) is 29.4 Å². The van der Waals surface area contributed by atoms with Gasteiger partial charge < -0.3 is 5.73 Å². The molecule has 2 fully saturated rings. The third-order valence-electron chi connectivity index (χ3n) is 4.23. The Kier molecular flexibility index (Phi) is 2.02. The van der Waals surface area contributed by atoms with E-state index in [0.29, 0.717) is 16.2 Å². The van der Waals surface area contributed by atoms with Crippen molar-refractivity contribution in [2.75, 3.05) is 5.75 Å². The summed E-state index contributed by atoms with van der Waals surface area (Å²) in [6, 6.07) is 0.454. The fraction of sp³-hybridized carbons (Fsp3) is 1.00. The minimum absolute atomic E-state index is 0.410. The van der Waals surface area contributed by atoms with Gasteiger partial charge in [0.25, 0.3) is 0 Å². The zero-order chi connectivity index (χ0) is 9.85. The number of hydrogen-bond acceptors (Lipinski definition) is 2. The second kappa shape index (κ2) is 2.66. The van der Waals surface area contributed by atoms with Gasteiger partial charge in [0, 0.05) is 10.8 Å². The first kappa shape index (κ1) is 9.85. The van der Waals surface area contributed by atoms with Crippen LogP contribution in [0.15, 0.2) is 0 Å². The fourth-order valence-electron chi connectivity index (χ4n) is 3.00. The maximum absolute atomic E-state index is 6.14. The van der Waals surface area contributed by atoms with Gasteiger partial charge in [-0.15, -0.1) is 0 Å². The number of hydrogen-bond donors (Lipinski definition) is 1. The predicted octanol–water partition coefficient (Wildman–Crippen LogP) is 2.50. The second-order valence-electron chi connectivity index (χ2n) is 5.72. The highest BCUT2D eigenvalue weighted by molar-refractivity contribution is 8.00. The summed E-state index contributed by atoms with van der Waals surface area (Å²) in [7, 11) is 0. The van der Waals surface area contributed by atoms with Crippen LogP contribution in [0, 0.1) is 17.3 Å². The standard InChI is InChI=1S/C11H21NS/c1-10(2)8(9(10)12)7-5-6-13-11(7,3)4/h7-9H,5-6,12H2,1-4H3/t7?,8-,9-/m0/s1. The molecule has 2 rings (SSSR count). The Labute approximate surface area is 85.8 Å². The molecule has 1 saturated carbocycles. The first-order chi connectivity index (χ1) is 5.87. The molecule has 1 nitrogen and oxygen atoms in total. The molecule has 13 heavy (non-hydrogen) atoms. The largest absolute Gasteiger partial charge is 0.327 e. The van der Waals surface area contributed by atoms with Crippen LogP contribution in [-0.2, 0) is 0 Å². The SMILES string of the molecule is CC1(C)SCCC1[C@H]1[C@H](N)C1(C)C. The second-order valence-corrected chi connectivity index (χ2v) is 7.47. The molecule has 2 N–H and O–H groups in total. The van der Waals surface area contributed by atoms with Crippen LogP contribution in [0.5, 0.6) is 0 Å². The van der Waals surface area contributed by atoms with Crippen molar-refractivity contribution < 1.29 is 0 Å². The van der Waals surface area contributed by atoms with Crippen LogP contribution in [0.25, 0.3) is 0 Å². The van der Waals surface area contributed by atoms with Gasteiger partial charge in [0.05, 0.1) is 0 Å². The zero-order valence-electron chi connectivity index (χ0n) is 9.13. The molecule has 2 aliphatic rings. The van der Waals surface area contributed by atoms with E-state index in [2.05, 4.69) is 39.5 Å². The van der Waals surface area contributed by atoms with Crippen molar-refractivity contribution in [3.8, 4) is 0 Å². The Bertz CT molecular complexity index is 222. The Morgan fingerprint density at radius 2 is 1.77 bits per heavy atom. The van der Waals surface area contributed by atoms with Gasteiger partial charge in [-0.25, -0.2) is 0 Å². The predicted molar refractivity (Wildman–Crippen MR) is 59.9 cm³/mol. The molecule has 0 bridgehead atoms. The molecule has 0 aromatic rings. The Hall–Kier alpha value is 0.310. The van der Waals surface area contributed by atoms with Gasteiger partial charge in [0.1, 0.15) is 0 Å². The first-order valence-electron chi connectivity index (χ1n) is 5.27. The summed E-state index contributed by atoms with van der Waals surface area (Å²) < 4.78 is 0.468. The van der Waals surface area contributed by atoms with E-state index in [1.54, 1.807) is 0 Å². The van der Waals surface area contributed by atoms with Gasteiger partial charge in [-0.1, -0.05) is 27.7 Å². The van der Waals surface area contributed by atoms with Crippen molar-refractivity contribution in [2.24, 2.45) is 23.0 Å². The molecule has 2 heteroatoms. The summed E-state index contributed by atoms with van der Waals surface area (Å²) in [5.41, 5.74) is 6.55. The van der Waals surface area contributed by atoms with Crippen molar-refractivity contribution in [2.45, 2.75) is 44.9 Å². The molecular weight excluding hydrogens is 178 g/mol. The van der Waals surface area contributed by atoms with E-state index in [1.165, 1.54) is 12.2 Å². The highest BCUT2D eigenvalue weighted by atomic mass is 32.2. The normalized spacial score (nSPS) is 46.4. The smallest absolute Gasteiger partial charge is 0.0135 e. The molecule has 1 heterocycles. The molecule has 1 aliphatic carbocycles. The van der Waals surface area contributed by atoms with Gasteiger partial charge in [-0.2, -0.15) is 11.8 Å². The van der Waals surface area contributed by atoms with Crippen LogP contribution in [0.3, 0.4) is 0 Å². The van der Waals surface area contributed by atoms with Gasteiger partial charge in [-0.3, -0.25) is 0 Å². The van der Waals surface area contributed by atoms with Crippen molar-refractivity contribution >= 4 is 11.8 Å². The molecule has 1 aliphatic heterocycles. The van der Waals surface area contributed by atoms with Crippen molar-refractivity contribution in [3.63, 3.8) is 0 Å². The van der Waals surface area contributed by atoms with E-state index >= 15 is 0 Å². The maximum atomic E-state index is 6.14. The van der Waals surface area contributed by atoms with Crippen LogP contribution in [0.4, 0.5) is 0 Å². The average molecular weight is 199 g/mol. The molecular formula is C11H21NS. The quantitative estimate of drug-likeness (QED) is 0.702. The molecule has 0 amide bonds. The minimum atomic E-state index is 0.410. The Morgan fingerprint density at radius 1 is 1.23 bits per heavy atom.